The van der Waals surface area contributed by atoms with Gasteiger partial charge in [-0.15, -0.1) is 10.2 Å². The zero-order valence-corrected chi connectivity index (χ0v) is 14.4. The molecule has 0 aliphatic heterocycles. The SMILES string of the molecule is CN(C)S(=O)(=O)c1cccc(CSc2nnc3ccccn23)c1. The van der Waals surface area contributed by atoms with Crippen LogP contribution in [0.3, 0.4) is 0 Å². The number of nitrogens with zero attached hydrogens (tertiary/aromatic N) is 4. The molecule has 0 amide bonds. The highest BCUT2D eigenvalue weighted by atomic mass is 32.2. The summed E-state index contributed by atoms with van der Waals surface area (Å²) in [7, 11) is -0.362. The van der Waals surface area contributed by atoms with Crippen LogP contribution in [-0.4, -0.2) is 41.4 Å². The van der Waals surface area contributed by atoms with Crippen LogP contribution >= 0.6 is 11.8 Å². The van der Waals surface area contributed by atoms with Crippen LogP contribution in [0.1, 0.15) is 5.56 Å². The second kappa shape index (κ2) is 6.31. The van der Waals surface area contributed by atoms with Crippen LogP contribution < -0.4 is 0 Å². The molecule has 2 aromatic heterocycles. The third-order valence-corrected chi connectivity index (χ3v) is 6.15. The van der Waals surface area contributed by atoms with E-state index in [0.29, 0.717) is 10.6 Å². The number of hydrogen-bond donors (Lipinski definition) is 0. The average molecular weight is 348 g/mol. The molecule has 0 saturated heterocycles. The summed E-state index contributed by atoms with van der Waals surface area (Å²) in [5, 5.41) is 9.04. The largest absolute Gasteiger partial charge is 0.277 e. The fourth-order valence-electron chi connectivity index (χ4n) is 2.07. The van der Waals surface area contributed by atoms with E-state index in [0.717, 1.165) is 16.4 Å². The minimum atomic E-state index is -3.42. The number of benzene rings is 1. The Hall–Kier alpha value is -1.90. The predicted molar refractivity (Wildman–Crippen MR) is 89.9 cm³/mol. The van der Waals surface area contributed by atoms with Gasteiger partial charge < -0.3 is 0 Å². The second-order valence-corrected chi connectivity index (χ2v) is 8.23. The zero-order valence-electron chi connectivity index (χ0n) is 12.7. The van der Waals surface area contributed by atoms with Crippen LogP contribution in [0.5, 0.6) is 0 Å². The molecule has 0 fully saturated rings. The third-order valence-electron chi connectivity index (χ3n) is 3.33. The topological polar surface area (TPSA) is 67.6 Å². The Morgan fingerprint density at radius 3 is 2.74 bits per heavy atom. The molecular formula is C15H16N4O2S2. The second-order valence-electron chi connectivity index (χ2n) is 5.13. The van der Waals surface area contributed by atoms with Gasteiger partial charge in [0.2, 0.25) is 10.0 Å². The van der Waals surface area contributed by atoms with Crippen molar-refractivity contribution in [1.82, 2.24) is 18.9 Å². The summed E-state index contributed by atoms with van der Waals surface area (Å²) in [5.74, 6) is 0.618. The average Bonchev–Trinajstić information content (AvgIpc) is 2.96. The highest BCUT2D eigenvalue weighted by molar-refractivity contribution is 7.98. The van der Waals surface area contributed by atoms with Crippen molar-refractivity contribution in [3.05, 3.63) is 54.2 Å². The van der Waals surface area contributed by atoms with E-state index in [1.54, 1.807) is 18.2 Å². The molecule has 6 nitrogen and oxygen atoms in total. The molecule has 0 spiro atoms. The van der Waals surface area contributed by atoms with Gasteiger partial charge in [0.15, 0.2) is 10.8 Å². The van der Waals surface area contributed by atoms with Gasteiger partial charge in [-0.2, -0.15) is 0 Å². The van der Waals surface area contributed by atoms with Crippen molar-refractivity contribution >= 4 is 27.4 Å². The smallest absolute Gasteiger partial charge is 0.242 e. The Bertz CT molecular complexity index is 935. The first-order chi connectivity index (χ1) is 11.0. The summed E-state index contributed by atoms with van der Waals surface area (Å²) < 4.78 is 27.5. The maximum absolute atomic E-state index is 12.2. The first-order valence-electron chi connectivity index (χ1n) is 6.92. The van der Waals surface area contributed by atoms with Crippen molar-refractivity contribution in [1.29, 1.82) is 0 Å². The highest BCUT2D eigenvalue weighted by Gasteiger charge is 2.17. The molecule has 0 atom stereocenters. The first-order valence-corrected chi connectivity index (χ1v) is 9.35. The van der Waals surface area contributed by atoms with Crippen molar-refractivity contribution in [3.8, 4) is 0 Å². The monoisotopic (exact) mass is 348 g/mol. The molecule has 3 aromatic rings. The van der Waals surface area contributed by atoms with E-state index < -0.39 is 10.0 Å². The molecule has 2 heterocycles. The fraction of sp³-hybridized carbons (Fsp3) is 0.200. The number of aromatic nitrogens is 3. The Kier molecular flexibility index (Phi) is 4.38. The van der Waals surface area contributed by atoms with Gasteiger partial charge in [-0.25, -0.2) is 12.7 Å². The molecule has 8 heteroatoms. The van der Waals surface area contributed by atoms with Crippen LogP contribution in [0.15, 0.2) is 58.7 Å². The standard InChI is InChI=1S/C15H16N4O2S2/c1-18(2)23(20,21)13-7-5-6-12(10-13)11-22-15-17-16-14-8-3-4-9-19(14)15/h3-10H,11H2,1-2H3. The van der Waals surface area contributed by atoms with Gasteiger partial charge >= 0.3 is 0 Å². The number of pyridine rings is 1. The lowest BCUT2D eigenvalue weighted by atomic mass is 10.2. The lowest BCUT2D eigenvalue weighted by molar-refractivity contribution is 0.520. The minimum Gasteiger partial charge on any atom is -0.277 e. The van der Waals surface area contributed by atoms with Crippen LogP contribution in [0, 0.1) is 0 Å². The van der Waals surface area contributed by atoms with Crippen molar-refractivity contribution in [2.75, 3.05) is 14.1 Å². The van der Waals surface area contributed by atoms with Crippen LogP contribution in [0.25, 0.3) is 5.65 Å². The molecule has 0 N–H and O–H groups in total. The van der Waals surface area contributed by atoms with E-state index in [4.69, 9.17) is 0 Å². The van der Waals surface area contributed by atoms with Gasteiger partial charge in [0, 0.05) is 26.0 Å². The van der Waals surface area contributed by atoms with Gasteiger partial charge in [-0.1, -0.05) is 30.0 Å². The molecule has 0 unspecified atom stereocenters. The van der Waals surface area contributed by atoms with E-state index in [-0.39, 0.29) is 0 Å². The Balaban J connectivity index is 1.82. The predicted octanol–water partition coefficient (Wildman–Crippen LogP) is 2.27. The van der Waals surface area contributed by atoms with Crippen LogP contribution in [0.2, 0.25) is 0 Å². The number of rotatable bonds is 5. The van der Waals surface area contributed by atoms with Crippen molar-refractivity contribution in [3.63, 3.8) is 0 Å². The summed E-state index contributed by atoms with van der Waals surface area (Å²) >= 11 is 1.52. The molecule has 0 bridgehead atoms. The van der Waals surface area contributed by atoms with E-state index in [1.807, 2.05) is 34.9 Å². The molecule has 0 radical (unpaired) electrons. The Morgan fingerprint density at radius 1 is 1.13 bits per heavy atom. The summed E-state index contributed by atoms with van der Waals surface area (Å²) in [5.41, 5.74) is 1.71. The lowest BCUT2D eigenvalue weighted by Crippen LogP contribution is -2.22. The number of fused-ring (bicyclic) bond motifs is 1. The van der Waals surface area contributed by atoms with Gasteiger partial charge in [0.25, 0.3) is 0 Å². The van der Waals surface area contributed by atoms with Gasteiger partial charge in [0.1, 0.15) is 0 Å². The van der Waals surface area contributed by atoms with Crippen molar-refractivity contribution in [2.24, 2.45) is 0 Å². The van der Waals surface area contributed by atoms with Crippen LogP contribution in [-0.2, 0) is 15.8 Å². The van der Waals surface area contributed by atoms with Crippen molar-refractivity contribution in [2.45, 2.75) is 15.8 Å². The quantitative estimate of drug-likeness (QED) is 0.662. The molecule has 23 heavy (non-hydrogen) atoms. The normalized spacial score (nSPS) is 12.1. The van der Waals surface area contributed by atoms with Crippen LogP contribution in [0.4, 0.5) is 0 Å². The van der Waals surface area contributed by atoms with Gasteiger partial charge in [0.05, 0.1) is 4.90 Å². The first kappa shape index (κ1) is 16.0. The van der Waals surface area contributed by atoms with Gasteiger partial charge in [-0.05, 0) is 29.8 Å². The van der Waals surface area contributed by atoms with Crippen molar-refractivity contribution < 1.29 is 8.42 Å². The number of sulfonamides is 1. The van der Waals surface area contributed by atoms with E-state index in [9.17, 15) is 8.42 Å². The zero-order chi connectivity index (χ0) is 16.4. The molecular weight excluding hydrogens is 332 g/mol. The molecule has 1 aromatic carbocycles. The third kappa shape index (κ3) is 3.24. The number of thioether (sulfide) groups is 1. The van der Waals surface area contributed by atoms with Gasteiger partial charge in [-0.3, -0.25) is 4.40 Å². The Morgan fingerprint density at radius 2 is 1.96 bits per heavy atom. The molecule has 120 valence electrons. The summed E-state index contributed by atoms with van der Waals surface area (Å²) in [4.78, 5) is 0.298. The molecule has 0 saturated carbocycles. The lowest BCUT2D eigenvalue weighted by Gasteiger charge is -2.12. The summed E-state index contributed by atoms with van der Waals surface area (Å²) in [6.07, 6.45) is 1.91. The molecule has 0 aliphatic rings. The molecule has 3 rings (SSSR count). The van der Waals surface area contributed by atoms with E-state index in [2.05, 4.69) is 10.2 Å². The fourth-order valence-corrected chi connectivity index (χ4v) is 3.91. The summed E-state index contributed by atoms with van der Waals surface area (Å²) in [6.45, 7) is 0. The summed E-state index contributed by atoms with van der Waals surface area (Å²) in [6, 6.07) is 12.7. The highest BCUT2D eigenvalue weighted by Crippen LogP contribution is 2.23. The minimum absolute atomic E-state index is 0.298. The van der Waals surface area contributed by atoms with E-state index in [1.165, 1.54) is 30.2 Å². The maximum atomic E-state index is 12.2. The number of hydrogen-bond acceptors (Lipinski definition) is 5. The maximum Gasteiger partial charge on any atom is 0.242 e. The molecule has 0 aliphatic carbocycles. The van der Waals surface area contributed by atoms with E-state index >= 15 is 0 Å². The Labute approximate surface area is 139 Å².